The van der Waals surface area contributed by atoms with Gasteiger partial charge in [-0.15, -0.1) is 0 Å². The second-order valence-electron chi connectivity index (χ2n) is 6.68. The molecule has 0 heterocycles. The number of hydrogen-bond acceptors (Lipinski definition) is 3. The topological polar surface area (TPSA) is 58.6 Å². The molecule has 0 unspecified atom stereocenters. The highest BCUT2D eigenvalue weighted by Gasteiger charge is 2.27. The molecular weight excluding hydrogens is 486 g/mol. The van der Waals surface area contributed by atoms with Crippen molar-refractivity contribution in [3.8, 4) is 5.75 Å². The van der Waals surface area contributed by atoms with Crippen LogP contribution in [-0.4, -0.2) is 35.9 Å². The number of unbranched alkanes of at least 4 members (excludes halogenated alkanes) is 1. The molecule has 0 saturated heterocycles. The summed E-state index contributed by atoms with van der Waals surface area (Å²) in [6.07, 6.45) is 1.81. The van der Waals surface area contributed by atoms with E-state index in [0.717, 1.165) is 16.4 Å². The Morgan fingerprint density at radius 2 is 1.86 bits per heavy atom. The minimum absolute atomic E-state index is 0.0100. The van der Waals surface area contributed by atoms with Gasteiger partial charge in [0.15, 0.2) is 6.61 Å². The summed E-state index contributed by atoms with van der Waals surface area (Å²) in [5, 5.41) is 2.83. The molecule has 5 nitrogen and oxygen atoms in total. The van der Waals surface area contributed by atoms with Crippen LogP contribution in [0.4, 0.5) is 4.39 Å². The molecular formula is C22H26FIN2O3. The SMILES string of the molecule is CCCCNC(=O)[C@@H](C)N(Cc1ccccc1F)C(=O)COc1ccc(I)cc1. The zero-order valence-corrected chi connectivity index (χ0v) is 18.8. The highest BCUT2D eigenvalue weighted by molar-refractivity contribution is 14.1. The maximum Gasteiger partial charge on any atom is 0.261 e. The van der Waals surface area contributed by atoms with E-state index in [1.54, 1.807) is 37.3 Å². The summed E-state index contributed by atoms with van der Waals surface area (Å²) < 4.78 is 20.8. The normalized spacial score (nSPS) is 11.6. The number of ether oxygens (including phenoxy) is 1. The standard InChI is InChI=1S/C22H26FIN2O3/c1-3-4-13-25-22(28)16(2)26(14-17-7-5-6-8-20(17)23)21(27)15-29-19-11-9-18(24)10-12-19/h5-12,16H,3-4,13-15H2,1-2H3,(H,25,28)/t16-/m1/s1. The molecule has 0 spiro atoms. The van der Waals surface area contributed by atoms with Crippen LogP contribution in [0, 0.1) is 9.39 Å². The Labute approximate surface area is 184 Å². The van der Waals surface area contributed by atoms with Gasteiger partial charge in [-0.1, -0.05) is 31.5 Å². The van der Waals surface area contributed by atoms with Crippen LogP contribution in [0.15, 0.2) is 48.5 Å². The summed E-state index contributed by atoms with van der Waals surface area (Å²) in [5.41, 5.74) is 0.350. The third kappa shape index (κ3) is 7.30. The number of nitrogens with zero attached hydrogens (tertiary/aromatic N) is 1. The van der Waals surface area contributed by atoms with E-state index in [4.69, 9.17) is 4.74 Å². The van der Waals surface area contributed by atoms with Crippen molar-refractivity contribution >= 4 is 34.4 Å². The number of carbonyl (C=O) groups is 2. The molecule has 2 aromatic carbocycles. The molecule has 1 N–H and O–H groups in total. The number of amides is 2. The molecule has 156 valence electrons. The first-order valence-corrected chi connectivity index (χ1v) is 10.7. The van der Waals surface area contributed by atoms with Crippen LogP contribution in [-0.2, 0) is 16.1 Å². The van der Waals surface area contributed by atoms with Crippen molar-refractivity contribution in [3.63, 3.8) is 0 Å². The molecule has 2 rings (SSSR count). The Hall–Kier alpha value is -2.16. The number of benzene rings is 2. The lowest BCUT2D eigenvalue weighted by Gasteiger charge is -2.29. The van der Waals surface area contributed by atoms with Crippen molar-refractivity contribution < 1.29 is 18.7 Å². The van der Waals surface area contributed by atoms with E-state index in [0.29, 0.717) is 17.9 Å². The minimum atomic E-state index is -0.751. The van der Waals surface area contributed by atoms with Crippen molar-refractivity contribution in [2.75, 3.05) is 13.2 Å². The highest BCUT2D eigenvalue weighted by atomic mass is 127. The van der Waals surface area contributed by atoms with Crippen LogP contribution in [0.1, 0.15) is 32.3 Å². The van der Waals surface area contributed by atoms with Gasteiger partial charge in [0.25, 0.3) is 5.91 Å². The monoisotopic (exact) mass is 512 g/mol. The van der Waals surface area contributed by atoms with Crippen LogP contribution < -0.4 is 10.1 Å². The van der Waals surface area contributed by atoms with Gasteiger partial charge in [0.1, 0.15) is 17.6 Å². The van der Waals surface area contributed by atoms with E-state index in [-0.39, 0.29) is 25.0 Å². The zero-order chi connectivity index (χ0) is 21.2. The van der Waals surface area contributed by atoms with E-state index in [9.17, 15) is 14.0 Å². The Kier molecular flexibility index (Phi) is 9.37. The first-order valence-electron chi connectivity index (χ1n) is 9.61. The third-order valence-corrected chi connectivity index (χ3v) is 5.19. The van der Waals surface area contributed by atoms with Crippen LogP contribution in [0.2, 0.25) is 0 Å². The minimum Gasteiger partial charge on any atom is -0.484 e. The largest absolute Gasteiger partial charge is 0.484 e. The van der Waals surface area contributed by atoms with Crippen LogP contribution in [0.25, 0.3) is 0 Å². The van der Waals surface area contributed by atoms with Gasteiger partial charge >= 0.3 is 0 Å². The average molecular weight is 512 g/mol. The maximum absolute atomic E-state index is 14.1. The Balaban J connectivity index is 2.11. The van der Waals surface area contributed by atoms with E-state index < -0.39 is 11.9 Å². The molecule has 0 aliphatic carbocycles. The zero-order valence-electron chi connectivity index (χ0n) is 16.7. The van der Waals surface area contributed by atoms with Gasteiger partial charge in [-0.05, 0) is 66.3 Å². The summed E-state index contributed by atoms with van der Waals surface area (Å²) >= 11 is 2.18. The lowest BCUT2D eigenvalue weighted by Crippen LogP contribution is -2.49. The molecule has 0 radical (unpaired) electrons. The Bertz CT molecular complexity index is 814. The summed E-state index contributed by atoms with van der Waals surface area (Å²) in [6.45, 7) is 3.97. The van der Waals surface area contributed by atoms with Gasteiger partial charge < -0.3 is 15.0 Å². The van der Waals surface area contributed by atoms with E-state index in [1.165, 1.54) is 11.0 Å². The molecule has 0 fully saturated rings. The number of nitrogens with one attached hydrogen (secondary N) is 1. The van der Waals surface area contributed by atoms with Crippen molar-refractivity contribution in [2.45, 2.75) is 39.3 Å². The lowest BCUT2D eigenvalue weighted by molar-refractivity contribution is -0.142. The fraction of sp³-hybridized carbons (Fsp3) is 0.364. The fourth-order valence-electron chi connectivity index (χ4n) is 2.69. The molecule has 1 atom stereocenters. The van der Waals surface area contributed by atoms with Gasteiger partial charge in [0.05, 0.1) is 0 Å². The fourth-order valence-corrected chi connectivity index (χ4v) is 3.05. The molecule has 0 aliphatic rings. The van der Waals surface area contributed by atoms with Crippen molar-refractivity contribution in [3.05, 3.63) is 63.5 Å². The van der Waals surface area contributed by atoms with Crippen LogP contribution in [0.3, 0.4) is 0 Å². The van der Waals surface area contributed by atoms with Crippen LogP contribution >= 0.6 is 22.6 Å². The van der Waals surface area contributed by atoms with E-state index >= 15 is 0 Å². The second-order valence-corrected chi connectivity index (χ2v) is 7.92. The van der Waals surface area contributed by atoms with E-state index in [2.05, 4.69) is 27.9 Å². The summed E-state index contributed by atoms with van der Waals surface area (Å²) in [4.78, 5) is 26.7. The Morgan fingerprint density at radius 1 is 1.17 bits per heavy atom. The smallest absolute Gasteiger partial charge is 0.261 e. The van der Waals surface area contributed by atoms with Gasteiger partial charge in [-0.25, -0.2) is 4.39 Å². The Morgan fingerprint density at radius 3 is 2.52 bits per heavy atom. The quantitative estimate of drug-likeness (QED) is 0.385. The van der Waals surface area contributed by atoms with E-state index in [1.807, 2.05) is 19.1 Å². The van der Waals surface area contributed by atoms with Crippen molar-refractivity contribution in [1.29, 1.82) is 0 Å². The number of hydrogen-bond donors (Lipinski definition) is 1. The molecule has 7 heteroatoms. The second kappa shape index (κ2) is 11.7. The maximum atomic E-state index is 14.1. The lowest BCUT2D eigenvalue weighted by atomic mass is 10.1. The molecule has 0 saturated carbocycles. The molecule has 2 amide bonds. The molecule has 2 aromatic rings. The van der Waals surface area contributed by atoms with Gasteiger partial charge in [0, 0.05) is 22.2 Å². The number of halogens is 2. The third-order valence-electron chi connectivity index (χ3n) is 4.47. The number of carbonyl (C=O) groups excluding carboxylic acids is 2. The first kappa shape index (κ1) is 23.1. The van der Waals surface area contributed by atoms with Crippen molar-refractivity contribution in [2.24, 2.45) is 0 Å². The average Bonchev–Trinajstić information content (AvgIpc) is 2.72. The summed E-state index contributed by atoms with van der Waals surface area (Å²) in [5.74, 6) is -0.505. The number of rotatable bonds is 10. The molecule has 0 aliphatic heterocycles. The first-order chi connectivity index (χ1) is 13.9. The summed E-state index contributed by atoms with van der Waals surface area (Å²) in [7, 11) is 0. The molecule has 0 bridgehead atoms. The molecule has 0 aromatic heterocycles. The molecule has 29 heavy (non-hydrogen) atoms. The van der Waals surface area contributed by atoms with Gasteiger partial charge in [-0.3, -0.25) is 9.59 Å². The van der Waals surface area contributed by atoms with Crippen molar-refractivity contribution in [1.82, 2.24) is 10.2 Å². The predicted octanol–water partition coefficient (Wildman–Crippen LogP) is 4.14. The van der Waals surface area contributed by atoms with Gasteiger partial charge in [-0.2, -0.15) is 0 Å². The summed E-state index contributed by atoms with van der Waals surface area (Å²) in [6, 6.07) is 12.8. The van der Waals surface area contributed by atoms with Crippen LogP contribution in [0.5, 0.6) is 5.75 Å². The highest BCUT2D eigenvalue weighted by Crippen LogP contribution is 2.16. The predicted molar refractivity (Wildman–Crippen MR) is 119 cm³/mol. The van der Waals surface area contributed by atoms with Gasteiger partial charge in [0.2, 0.25) is 5.91 Å².